The zero-order valence-electron chi connectivity index (χ0n) is 13.4. The first-order valence-electron chi connectivity index (χ1n) is 7.57. The average Bonchev–Trinajstić information content (AvgIpc) is 3.06. The van der Waals surface area contributed by atoms with Crippen LogP contribution in [0.5, 0.6) is 0 Å². The van der Waals surface area contributed by atoms with Crippen LogP contribution in [0.15, 0.2) is 24.7 Å². The smallest absolute Gasteiger partial charge is 0.208 e. The molecule has 0 aromatic carbocycles. The number of aromatic nitrogens is 4. The van der Waals surface area contributed by atoms with E-state index in [4.69, 9.17) is 0 Å². The van der Waals surface area contributed by atoms with Gasteiger partial charge in [0.1, 0.15) is 0 Å². The van der Waals surface area contributed by atoms with Crippen molar-refractivity contribution in [3.8, 4) is 0 Å². The van der Waals surface area contributed by atoms with Crippen molar-refractivity contribution in [2.45, 2.75) is 25.6 Å². The molecule has 1 N–H and O–H groups in total. The summed E-state index contributed by atoms with van der Waals surface area (Å²) < 4.78 is 28.8. The van der Waals surface area contributed by atoms with Gasteiger partial charge in [-0.2, -0.15) is 10.2 Å². The minimum Gasteiger partial charge on any atom is -0.291 e. The Morgan fingerprint density at radius 3 is 2.91 bits per heavy atom. The van der Waals surface area contributed by atoms with E-state index in [1.807, 2.05) is 30.2 Å². The first kappa shape index (κ1) is 16.2. The van der Waals surface area contributed by atoms with E-state index in [1.54, 1.807) is 10.9 Å². The quantitative estimate of drug-likeness (QED) is 0.808. The molecule has 0 saturated carbocycles. The number of aryl methyl sites for hydroxylation is 1. The lowest BCUT2D eigenvalue weighted by Gasteiger charge is -2.33. The fourth-order valence-corrected chi connectivity index (χ4v) is 3.51. The Balaban J connectivity index is 1.67. The largest absolute Gasteiger partial charge is 0.291 e. The minimum atomic E-state index is -3.15. The molecule has 0 aliphatic carbocycles. The van der Waals surface area contributed by atoms with Gasteiger partial charge >= 0.3 is 0 Å². The predicted octanol–water partition coefficient (Wildman–Crippen LogP) is 0.113. The van der Waals surface area contributed by atoms with E-state index in [9.17, 15) is 8.42 Å². The molecule has 9 heteroatoms. The van der Waals surface area contributed by atoms with Gasteiger partial charge in [-0.05, 0) is 12.5 Å². The Morgan fingerprint density at radius 2 is 2.22 bits per heavy atom. The molecule has 3 rings (SSSR count). The number of hydrogen-bond acceptors (Lipinski definition) is 5. The molecule has 0 radical (unpaired) electrons. The van der Waals surface area contributed by atoms with Crippen molar-refractivity contribution in [1.82, 2.24) is 29.2 Å². The van der Waals surface area contributed by atoms with E-state index in [0.29, 0.717) is 13.0 Å². The number of nitrogens with one attached hydrogen (secondary N) is 1. The Labute approximate surface area is 136 Å². The van der Waals surface area contributed by atoms with Crippen LogP contribution in [0.4, 0.5) is 0 Å². The van der Waals surface area contributed by atoms with Crippen molar-refractivity contribution in [2.24, 2.45) is 7.05 Å². The highest BCUT2D eigenvalue weighted by molar-refractivity contribution is 7.88. The molecular formula is C14H22N6O2S. The van der Waals surface area contributed by atoms with Gasteiger partial charge in [0.2, 0.25) is 10.0 Å². The first-order valence-corrected chi connectivity index (χ1v) is 9.47. The molecule has 8 nitrogen and oxygen atoms in total. The third kappa shape index (κ3) is 4.18. The van der Waals surface area contributed by atoms with Crippen molar-refractivity contribution >= 4 is 10.0 Å². The van der Waals surface area contributed by atoms with E-state index in [1.165, 1.54) is 11.8 Å². The summed E-state index contributed by atoms with van der Waals surface area (Å²) in [6.45, 7) is 2.93. The van der Waals surface area contributed by atoms with E-state index >= 15 is 0 Å². The molecule has 0 unspecified atom stereocenters. The van der Waals surface area contributed by atoms with E-state index in [2.05, 4.69) is 19.8 Å². The van der Waals surface area contributed by atoms with Crippen LogP contribution in [-0.2, 0) is 30.2 Å². The van der Waals surface area contributed by atoms with Gasteiger partial charge in [0, 0.05) is 51.2 Å². The third-order valence-corrected chi connectivity index (χ3v) is 4.69. The molecule has 0 amide bonds. The summed E-state index contributed by atoms with van der Waals surface area (Å²) in [6, 6.07) is 2.19. The maximum Gasteiger partial charge on any atom is 0.208 e. The van der Waals surface area contributed by atoms with Gasteiger partial charge in [0.15, 0.2) is 0 Å². The maximum absolute atomic E-state index is 11.2. The van der Waals surface area contributed by atoms with Gasteiger partial charge in [0.05, 0.1) is 24.2 Å². The molecule has 0 saturated heterocycles. The van der Waals surface area contributed by atoms with Gasteiger partial charge in [-0.25, -0.2) is 13.1 Å². The molecule has 0 bridgehead atoms. The van der Waals surface area contributed by atoms with Gasteiger partial charge in [-0.1, -0.05) is 0 Å². The van der Waals surface area contributed by atoms with Crippen molar-refractivity contribution in [2.75, 3.05) is 19.3 Å². The van der Waals surface area contributed by atoms with Crippen molar-refractivity contribution in [3.05, 3.63) is 35.9 Å². The summed E-state index contributed by atoms with van der Waals surface area (Å²) in [5.74, 6) is 0. The Morgan fingerprint density at radius 1 is 1.39 bits per heavy atom. The number of sulfonamides is 1. The topological polar surface area (TPSA) is 85.0 Å². The number of fused-ring (bicyclic) bond motifs is 1. The van der Waals surface area contributed by atoms with Crippen molar-refractivity contribution < 1.29 is 8.42 Å². The predicted molar refractivity (Wildman–Crippen MR) is 86.0 cm³/mol. The summed E-state index contributed by atoms with van der Waals surface area (Å²) in [5.41, 5.74) is 2.33. The molecule has 3 heterocycles. The van der Waals surface area contributed by atoms with Crippen LogP contribution in [0.1, 0.15) is 23.7 Å². The Bertz CT molecular complexity index is 766. The third-order valence-electron chi connectivity index (χ3n) is 3.96. The monoisotopic (exact) mass is 338 g/mol. The van der Waals surface area contributed by atoms with Gasteiger partial charge in [-0.3, -0.25) is 14.3 Å². The molecule has 23 heavy (non-hydrogen) atoms. The van der Waals surface area contributed by atoms with Crippen LogP contribution < -0.4 is 4.72 Å². The lowest BCUT2D eigenvalue weighted by molar-refractivity contribution is 0.162. The van der Waals surface area contributed by atoms with Crippen molar-refractivity contribution in [1.29, 1.82) is 0 Å². The molecule has 2 aromatic heterocycles. The van der Waals surface area contributed by atoms with Crippen LogP contribution in [0, 0.1) is 0 Å². The standard InChI is InChI=1S/C14H22N6O2S/c1-18-8-12(7-16-18)9-19-10-13-3-5-15-20(13)14(11-19)4-6-17-23(2,21)22/h3,5,7-8,14,17H,4,6,9-11H2,1-2H3/t14-/m0/s1. The van der Waals surface area contributed by atoms with Crippen LogP contribution in [-0.4, -0.2) is 52.2 Å². The maximum atomic E-state index is 11.2. The SMILES string of the molecule is Cn1cc(CN2Cc3ccnn3[C@@H](CCNS(C)(=O)=O)C2)cn1. The second-order valence-corrected chi connectivity index (χ2v) is 7.90. The van der Waals surface area contributed by atoms with E-state index in [0.717, 1.165) is 25.3 Å². The Kier molecular flexibility index (Phi) is 4.51. The van der Waals surface area contributed by atoms with Crippen LogP contribution in [0.25, 0.3) is 0 Å². The highest BCUT2D eigenvalue weighted by Crippen LogP contribution is 2.24. The highest BCUT2D eigenvalue weighted by atomic mass is 32.2. The number of rotatable bonds is 6. The second kappa shape index (κ2) is 6.42. The molecule has 1 aliphatic rings. The fraction of sp³-hybridized carbons (Fsp3) is 0.571. The summed E-state index contributed by atoms with van der Waals surface area (Å²) in [5, 5.41) is 8.60. The van der Waals surface area contributed by atoms with Gasteiger partial charge < -0.3 is 0 Å². The molecule has 2 aromatic rings. The molecule has 1 aliphatic heterocycles. The zero-order valence-corrected chi connectivity index (χ0v) is 14.2. The minimum absolute atomic E-state index is 0.166. The lowest BCUT2D eigenvalue weighted by Crippen LogP contribution is -2.38. The van der Waals surface area contributed by atoms with Gasteiger partial charge in [0.25, 0.3) is 0 Å². The summed E-state index contributed by atoms with van der Waals surface area (Å²) >= 11 is 0. The average molecular weight is 338 g/mol. The van der Waals surface area contributed by atoms with Gasteiger partial charge in [-0.15, -0.1) is 0 Å². The molecule has 126 valence electrons. The second-order valence-electron chi connectivity index (χ2n) is 6.07. The molecular weight excluding hydrogens is 316 g/mol. The number of hydrogen-bond donors (Lipinski definition) is 1. The molecule has 0 spiro atoms. The molecule has 0 fully saturated rings. The fourth-order valence-electron chi connectivity index (χ4n) is 3.02. The Hall–Kier alpha value is -1.71. The highest BCUT2D eigenvalue weighted by Gasteiger charge is 2.25. The van der Waals surface area contributed by atoms with Crippen molar-refractivity contribution in [3.63, 3.8) is 0 Å². The number of nitrogens with zero attached hydrogens (tertiary/aromatic N) is 5. The van der Waals surface area contributed by atoms with Crippen LogP contribution in [0.3, 0.4) is 0 Å². The summed E-state index contributed by atoms with van der Waals surface area (Å²) in [7, 11) is -1.24. The van der Waals surface area contributed by atoms with Crippen LogP contribution in [0.2, 0.25) is 0 Å². The zero-order chi connectivity index (χ0) is 16.4. The van der Waals surface area contributed by atoms with E-state index < -0.39 is 10.0 Å². The normalized spacial score (nSPS) is 19.0. The lowest BCUT2D eigenvalue weighted by atomic mass is 10.1. The van der Waals surface area contributed by atoms with Crippen LogP contribution >= 0.6 is 0 Å². The van der Waals surface area contributed by atoms with E-state index in [-0.39, 0.29) is 6.04 Å². The molecule has 1 atom stereocenters. The summed E-state index contributed by atoms with van der Waals surface area (Å²) in [6.07, 6.45) is 7.60. The summed E-state index contributed by atoms with van der Waals surface area (Å²) in [4.78, 5) is 2.35. The first-order chi connectivity index (χ1) is 10.9.